The summed E-state index contributed by atoms with van der Waals surface area (Å²) in [5.74, 6) is 0.439. The van der Waals surface area contributed by atoms with Crippen LogP contribution in [0.5, 0.6) is 5.75 Å². The molecule has 1 amide bonds. The summed E-state index contributed by atoms with van der Waals surface area (Å²) < 4.78 is 6.28. The van der Waals surface area contributed by atoms with Crippen LogP contribution in [0, 0.1) is 13.8 Å². The molecule has 0 unspecified atom stereocenters. The second-order valence-corrected chi connectivity index (χ2v) is 6.53. The van der Waals surface area contributed by atoms with Crippen molar-refractivity contribution in [2.24, 2.45) is 0 Å². The van der Waals surface area contributed by atoms with Crippen LogP contribution in [0.2, 0.25) is 0 Å². The lowest BCUT2D eigenvalue weighted by molar-refractivity contribution is 0.102. The van der Waals surface area contributed by atoms with E-state index in [4.69, 9.17) is 4.74 Å². The Balaban J connectivity index is 1.94. The first-order chi connectivity index (χ1) is 11.5. The van der Waals surface area contributed by atoms with Crippen molar-refractivity contribution in [2.75, 3.05) is 12.4 Å². The molecule has 1 N–H and O–H groups in total. The molecule has 0 spiro atoms. The zero-order valence-corrected chi connectivity index (χ0v) is 15.3. The Morgan fingerprint density at radius 1 is 1.12 bits per heavy atom. The topological polar surface area (TPSA) is 51.2 Å². The molecule has 0 bridgehead atoms. The minimum atomic E-state index is -0.179. The van der Waals surface area contributed by atoms with E-state index in [0.29, 0.717) is 17.0 Å². The molecule has 3 aromatic rings. The van der Waals surface area contributed by atoms with Gasteiger partial charge in [0.25, 0.3) is 5.91 Å². The van der Waals surface area contributed by atoms with Crippen LogP contribution >= 0.6 is 15.9 Å². The first-order valence-electron chi connectivity index (χ1n) is 7.51. The summed E-state index contributed by atoms with van der Waals surface area (Å²) in [4.78, 5) is 17.1. The van der Waals surface area contributed by atoms with Gasteiger partial charge in [0, 0.05) is 21.1 Å². The van der Waals surface area contributed by atoms with Gasteiger partial charge in [0.1, 0.15) is 5.75 Å². The number of anilines is 1. The highest BCUT2D eigenvalue weighted by molar-refractivity contribution is 9.10. The molecule has 0 radical (unpaired) electrons. The molecule has 0 saturated heterocycles. The second-order valence-electron chi connectivity index (χ2n) is 5.61. The Hall–Kier alpha value is -2.40. The van der Waals surface area contributed by atoms with Crippen LogP contribution in [-0.4, -0.2) is 18.0 Å². The van der Waals surface area contributed by atoms with Crippen LogP contribution < -0.4 is 10.1 Å². The molecular formula is C19H17BrN2O2. The van der Waals surface area contributed by atoms with E-state index in [0.717, 1.165) is 26.6 Å². The normalized spacial score (nSPS) is 10.7. The van der Waals surface area contributed by atoms with E-state index in [1.54, 1.807) is 13.2 Å². The molecule has 122 valence electrons. The average Bonchev–Trinajstić information content (AvgIpc) is 2.56. The van der Waals surface area contributed by atoms with Gasteiger partial charge in [0.05, 0.1) is 18.3 Å². The molecule has 0 aliphatic heterocycles. The van der Waals surface area contributed by atoms with Crippen molar-refractivity contribution >= 4 is 38.4 Å². The van der Waals surface area contributed by atoms with Crippen LogP contribution in [0.15, 0.2) is 46.9 Å². The van der Waals surface area contributed by atoms with Crippen LogP contribution in [0.1, 0.15) is 21.6 Å². The zero-order chi connectivity index (χ0) is 17.3. The second kappa shape index (κ2) is 6.61. The highest BCUT2D eigenvalue weighted by atomic mass is 79.9. The molecule has 5 heteroatoms. The molecule has 0 saturated carbocycles. The Bertz CT molecular complexity index is 938. The molecule has 4 nitrogen and oxygen atoms in total. The number of hydrogen-bond donors (Lipinski definition) is 1. The van der Waals surface area contributed by atoms with Gasteiger partial charge < -0.3 is 10.1 Å². The number of nitrogens with zero attached hydrogens (tertiary/aromatic N) is 1. The molecule has 0 fully saturated rings. The van der Waals surface area contributed by atoms with E-state index >= 15 is 0 Å². The molecule has 2 aromatic carbocycles. The van der Waals surface area contributed by atoms with Gasteiger partial charge in [-0.25, -0.2) is 0 Å². The lowest BCUT2D eigenvalue weighted by atomic mass is 10.1. The fourth-order valence-corrected chi connectivity index (χ4v) is 3.14. The minimum absolute atomic E-state index is 0.179. The van der Waals surface area contributed by atoms with Crippen molar-refractivity contribution in [2.45, 2.75) is 13.8 Å². The van der Waals surface area contributed by atoms with Crippen LogP contribution in [0.3, 0.4) is 0 Å². The predicted octanol–water partition coefficient (Wildman–Crippen LogP) is 4.88. The maximum Gasteiger partial charge on any atom is 0.255 e. The van der Waals surface area contributed by atoms with Gasteiger partial charge in [-0.05, 0) is 55.8 Å². The van der Waals surface area contributed by atoms with E-state index in [1.807, 2.05) is 50.2 Å². The third-order valence-corrected chi connectivity index (χ3v) is 4.27. The number of benzene rings is 2. The number of amides is 1. The van der Waals surface area contributed by atoms with Crippen molar-refractivity contribution in [3.05, 3.63) is 63.8 Å². The van der Waals surface area contributed by atoms with Gasteiger partial charge in [-0.15, -0.1) is 0 Å². The summed E-state index contributed by atoms with van der Waals surface area (Å²) in [7, 11) is 1.58. The minimum Gasteiger partial charge on any atom is -0.495 e. The Morgan fingerprint density at radius 2 is 1.92 bits per heavy atom. The van der Waals surface area contributed by atoms with Crippen LogP contribution in [0.4, 0.5) is 5.69 Å². The lowest BCUT2D eigenvalue weighted by Gasteiger charge is -2.14. The molecule has 0 aliphatic carbocycles. The molecule has 24 heavy (non-hydrogen) atoms. The van der Waals surface area contributed by atoms with Gasteiger partial charge in [0.2, 0.25) is 0 Å². The standard InChI is InChI=1S/C19H17BrN2O2/c1-11-8-15(20)10-17(24-3)18(11)22-19(23)14-6-7-16-13(9-14)5-4-12(2)21-16/h4-10H,1-3H3,(H,22,23). The van der Waals surface area contributed by atoms with Crippen molar-refractivity contribution in [3.63, 3.8) is 0 Å². The number of nitrogens with one attached hydrogen (secondary N) is 1. The van der Waals surface area contributed by atoms with Crippen molar-refractivity contribution in [1.82, 2.24) is 4.98 Å². The van der Waals surface area contributed by atoms with Crippen molar-refractivity contribution in [3.8, 4) is 5.75 Å². The van der Waals surface area contributed by atoms with Crippen molar-refractivity contribution < 1.29 is 9.53 Å². The SMILES string of the molecule is COc1cc(Br)cc(C)c1NC(=O)c1ccc2nc(C)ccc2c1. The summed E-state index contributed by atoms with van der Waals surface area (Å²) >= 11 is 3.43. The number of pyridine rings is 1. The predicted molar refractivity (Wildman–Crippen MR) is 99.9 cm³/mol. The number of aryl methyl sites for hydroxylation is 2. The first-order valence-corrected chi connectivity index (χ1v) is 8.30. The summed E-state index contributed by atoms with van der Waals surface area (Å²) in [6.45, 7) is 3.87. The molecule has 1 aromatic heterocycles. The van der Waals surface area contributed by atoms with E-state index in [9.17, 15) is 4.79 Å². The number of ether oxygens (including phenoxy) is 1. The largest absolute Gasteiger partial charge is 0.495 e. The van der Waals surface area contributed by atoms with E-state index in [2.05, 4.69) is 26.2 Å². The molecular weight excluding hydrogens is 368 g/mol. The van der Waals surface area contributed by atoms with E-state index < -0.39 is 0 Å². The van der Waals surface area contributed by atoms with Gasteiger partial charge in [0.15, 0.2) is 0 Å². The number of fused-ring (bicyclic) bond motifs is 1. The number of methoxy groups -OCH3 is 1. The molecule has 3 rings (SSSR count). The van der Waals surface area contributed by atoms with Gasteiger partial charge in [-0.1, -0.05) is 22.0 Å². The fraction of sp³-hybridized carbons (Fsp3) is 0.158. The highest BCUT2D eigenvalue weighted by Crippen LogP contribution is 2.32. The summed E-state index contributed by atoms with van der Waals surface area (Å²) in [6.07, 6.45) is 0. The third kappa shape index (κ3) is 3.26. The van der Waals surface area contributed by atoms with Gasteiger partial charge in [-0.2, -0.15) is 0 Å². The average molecular weight is 385 g/mol. The highest BCUT2D eigenvalue weighted by Gasteiger charge is 2.13. The molecule has 1 heterocycles. The Morgan fingerprint density at radius 3 is 2.67 bits per heavy atom. The number of halogens is 1. The van der Waals surface area contributed by atoms with Crippen LogP contribution in [0.25, 0.3) is 10.9 Å². The zero-order valence-electron chi connectivity index (χ0n) is 13.7. The Kier molecular flexibility index (Phi) is 4.53. The number of hydrogen-bond acceptors (Lipinski definition) is 3. The maximum absolute atomic E-state index is 12.6. The smallest absolute Gasteiger partial charge is 0.255 e. The Labute approximate surface area is 149 Å². The summed E-state index contributed by atoms with van der Waals surface area (Å²) in [5.41, 5.74) is 4.01. The third-order valence-electron chi connectivity index (χ3n) is 3.81. The summed E-state index contributed by atoms with van der Waals surface area (Å²) in [6, 6.07) is 13.2. The van der Waals surface area contributed by atoms with Crippen molar-refractivity contribution in [1.29, 1.82) is 0 Å². The lowest BCUT2D eigenvalue weighted by Crippen LogP contribution is -2.13. The number of carbonyl (C=O) groups is 1. The number of rotatable bonds is 3. The summed E-state index contributed by atoms with van der Waals surface area (Å²) in [5, 5.41) is 3.88. The van der Waals surface area contributed by atoms with E-state index in [-0.39, 0.29) is 5.91 Å². The molecule has 0 atom stereocenters. The quantitative estimate of drug-likeness (QED) is 0.700. The monoisotopic (exact) mass is 384 g/mol. The number of aromatic nitrogens is 1. The number of carbonyl (C=O) groups excluding carboxylic acids is 1. The molecule has 0 aliphatic rings. The van der Waals surface area contributed by atoms with Gasteiger partial charge in [-0.3, -0.25) is 9.78 Å². The first kappa shape index (κ1) is 16.5. The fourth-order valence-electron chi connectivity index (χ4n) is 2.59. The van der Waals surface area contributed by atoms with E-state index in [1.165, 1.54) is 0 Å². The van der Waals surface area contributed by atoms with Gasteiger partial charge >= 0.3 is 0 Å². The maximum atomic E-state index is 12.6. The van der Waals surface area contributed by atoms with Crippen LogP contribution in [-0.2, 0) is 0 Å².